The Morgan fingerprint density at radius 2 is 1.43 bits per heavy atom. The third kappa shape index (κ3) is 5.20. The first-order chi connectivity index (χ1) is 19.3. The summed E-state index contributed by atoms with van der Waals surface area (Å²) in [6.07, 6.45) is 1.39. The molecule has 1 aliphatic rings. The smallest absolute Gasteiger partial charge is 0.330 e. The van der Waals surface area contributed by atoms with E-state index in [1.54, 1.807) is 27.3 Å². The van der Waals surface area contributed by atoms with Gasteiger partial charge in [-0.1, -0.05) is 61.5 Å². The highest BCUT2D eigenvalue weighted by molar-refractivity contribution is 5.49. The summed E-state index contributed by atoms with van der Waals surface area (Å²) in [5, 5.41) is 0. The summed E-state index contributed by atoms with van der Waals surface area (Å²) in [6, 6.07) is 25.8. The van der Waals surface area contributed by atoms with E-state index in [1.807, 2.05) is 66.7 Å². The predicted octanol–water partition coefficient (Wildman–Crippen LogP) is 4.79. The second-order valence-electron chi connectivity index (χ2n) is 10.1. The second-order valence-corrected chi connectivity index (χ2v) is 10.1. The first-order valence-corrected chi connectivity index (χ1v) is 13.3. The minimum absolute atomic E-state index is 0.101. The first kappa shape index (κ1) is 27.4. The Balaban J connectivity index is 1.54. The molecule has 2 heterocycles. The maximum atomic E-state index is 12.5. The maximum Gasteiger partial charge on any atom is 0.330 e. The molecule has 0 bridgehead atoms. The zero-order chi connectivity index (χ0) is 28.3. The molecule has 0 saturated carbocycles. The minimum atomic E-state index is -0.966. The molecule has 40 heavy (non-hydrogen) atoms. The number of methoxy groups -OCH3 is 2. The van der Waals surface area contributed by atoms with E-state index in [0.717, 1.165) is 28.2 Å². The number of benzene rings is 3. The zero-order valence-electron chi connectivity index (χ0n) is 23.1. The van der Waals surface area contributed by atoms with Gasteiger partial charge in [-0.2, -0.15) is 0 Å². The van der Waals surface area contributed by atoms with E-state index in [0.29, 0.717) is 12.0 Å². The van der Waals surface area contributed by atoms with Crippen LogP contribution in [0.15, 0.2) is 94.6 Å². The molecule has 1 aliphatic heterocycles. The van der Waals surface area contributed by atoms with Crippen LogP contribution >= 0.6 is 0 Å². The van der Waals surface area contributed by atoms with Crippen molar-refractivity contribution in [2.45, 2.75) is 38.2 Å². The lowest BCUT2D eigenvalue weighted by Gasteiger charge is -2.37. The van der Waals surface area contributed by atoms with E-state index < -0.39 is 17.5 Å². The molecule has 8 heteroatoms. The molecular weight excluding hydrogens is 508 g/mol. The maximum absolute atomic E-state index is 12.5. The zero-order valence-corrected chi connectivity index (χ0v) is 23.1. The summed E-state index contributed by atoms with van der Waals surface area (Å²) in [5.74, 6) is 1.60. The fourth-order valence-electron chi connectivity index (χ4n) is 5.33. The second kappa shape index (κ2) is 11.5. The van der Waals surface area contributed by atoms with Gasteiger partial charge in [0, 0.05) is 11.8 Å². The number of ether oxygens (including phenoxy) is 4. The van der Waals surface area contributed by atoms with Crippen molar-refractivity contribution in [2.75, 3.05) is 20.8 Å². The normalized spacial score (nSPS) is 18.9. The molecular formula is C32H34N2O6. The molecule has 0 spiro atoms. The number of aromatic amines is 1. The van der Waals surface area contributed by atoms with Crippen LogP contribution in [0.25, 0.3) is 0 Å². The van der Waals surface area contributed by atoms with Gasteiger partial charge in [0.25, 0.3) is 5.56 Å². The minimum Gasteiger partial charge on any atom is -0.497 e. The molecule has 0 aliphatic carbocycles. The Morgan fingerprint density at radius 1 is 0.875 bits per heavy atom. The van der Waals surface area contributed by atoms with Crippen molar-refractivity contribution in [1.82, 2.24) is 9.55 Å². The number of nitrogens with one attached hydrogen (secondary N) is 1. The van der Waals surface area contributed by atoms with Gasteiger partial charge in [-0.3, -0.25) is 14.3 Å². The van der Waals surface area contributed by atoms with E-state index in [4.69, 9.17) is 18.9 Å². The Hall–Kier alpha value is -4.14. The summed E-state index contributed by atoms with van der Waals surface area (Å²) < 4.78 is 25.7. The van der Waals surface area contributed by atoms with E-state index >= 15 is 0 Å². The monoisotopic (exact) mass is 542 g/mol. The average Bonchev–Trinajstić information content (AvgIpc) is 3.36. The molecule has 0 radical (unpaired) electrons. The number of aromatic nitrogens is 2. The number of rotatable bonds is 9. The molecule has 1 aromatic heterocycles. The largest absolute Gasteiger partial charge is 0.497 e. The van der Waals surface area contributed by atoms with Crippen LogP contribution in [0.2, 0.25) is 0 Å². The van der Waals surface area contributed by atoms with Gasteiger partial charge in [0.2, 0.25) is 0 Å². The molecule has 0 amide bonds. The highest BCUT2D eigenvalue weighted by Crippen LogP contribution is 2.43. The molecule has 1 saturated heterocycles. The number of aryl methyl sites for hydroxylation is 1. The fourth-order valence-corrected chi connectivity index (χ4v) is 5.33. The molecule has 208 valence electrons. The van der Waals surface area contributed by atoms with Gasteiger partial charge in [-0.25, -0.2) is 4.79 Å². The van der Waals surface area contributed by atoms with Gasteiger partial charge in [-0.15, -0.1) is 0 Å². The van der Waals surface area contributed by atoms with Gasteiger partial charge < -0.3 is 18.9 Å². The van der Waals surface area contributed by atoms with Crippen LogP contribution in [0.1, 0.15) is 41.8 Å². The van der Waals surface area contributed by atoms with E-state index in [2.05, 4.69) is 24.0 Å². The summed E-state index contributed by atoms with van der Waals surface area (Å²) in [7, 11) is 3.29. The highest BCUT2D eigenvalue weighted by atomic mass is 16.6. The average molecular weight is 543 g/mol. The molecule has 3 aromatic carbocycles. The number of H-pyrrole nitrogens is 1. The van der Waals surface area contributed by atoms with Crippen molar-refractivity contribution in [3.8, 4) is 11.5 Å². The van der Waals surface area contributed by atoms with Gasteiger partial charge in [0.1, 0.15) is 23.3 Å². The summed E-state index contributed by atoms with van der Waals surface area (Å²) >= 11 is 0. The Kier molecular flexibility index (Phi) is 7.91. The standard InChI is InChI=1S/C32H34N2O6/c1-21-18-29(34-19-22(2)30(35)33-31(34)36)40-28(21)20-39-32(23-8-6-5-7-9-23,24-10-14-26(37-3)15-11-24)25-12-16-27(38-4)17-13-25/h5-17,19,21,28-29H,18,20H2,1-4H3,(H,33,35,36)/t21-,28?,29?/m1/s1. The van der Waals surface area contributed by atoms with Crippen molar-refractivity contribution in [1.29, 1.82) is 0 Å². The molecule has 5 rings (SSSR count). The number of hydrogen-bond donors (Lipinski definition) is 1. The molecule has 8 nitrogen and oxygen atoms in total. The van der Waals surface area contributed by atoms with Gasteiger partial charge in [0.05, 0.1) is 26.9 Å². The summed E-state index contributed by atoms with van der Waals surface area (Å²) in [5.41, 5.74) is 1.44. The van der Waals surface area contributed by atoms with Crippen molar-refractivity contribution in [2.24, 2.45) is 5.92 Å². The van der Waals surface area contributed by atoms with Crippen LogP contribution in [-0.4, -0.2) is 36.5 Å². The van der Waals surface area contributed by atoms with Gasteiger partial charge in [-0.05, 0) is 60.2 Å². The third-order valence-corrected chi connectivity index (χ3v) is 7.63. The van der Waals surface area contributed by atoms with Crippen LogP contribution in [0, 0.1) is 12.8 Å². The van der Waals surface area contributed by atoms with Crippen molar-refractivity contribution in [3.63, 3.8) is 0 Å². The lowest BCUT2D eigenvalue weighted by Crippen LogP contribution is -2.37. The molecule has 4 aromatic rings. The number of nitrogens with zero attached hydrogens (tertiary/aromatic N) is 1. The summed E-state index contributed by atoms with van der Waals surface area (Å²) in [4.78, 5) is 26.8. The number of hydrogen-bond acceptors (Lipinski definition) is 6. The predicted molar refractivity (Wildman–Crippen MR) is 152 cm³/mol. The van der Waals surface area contributed by atoms with Crippen LogP contribution < -0.4 is 20.7 Å². The van der Waals surface area contributed by atoms with E-state index in [-0.39, 0.29) is 24.2 Å². The third-order valence-electron chi connectivity index (χ3n) is 7.63. The van der Waals surface area contributed by atoms with Crippen LogP contribution in [-0.2, 0) is 15.1 Å². The van der Waals surface area contributed by atoms with Gasteiger partial charge >= 0.3 is 5.69 Å². The van der Waals surface area contributed by atoms with Crippen LogP contribution in [0.3, 0.4) is 0 Å². The van der Waals surface area contributed by atoms with Gasteiger partial charge in [0.15, 0.2) is 0 Å². The molecule has 1 fully saturated rings. The summed E-state index contributed by atoms with van der Waals surface area (Å²) in [6.45, 7) is 4.02. The topological polar surface area (TPSA) is 91.8 Å². The highest BCUT2D eigenvalue weighted by Gasteiger charge is 2.41. The Labute approximate surface area is 233 Å². The lowest BCUT2D eigenvalue weighted by molar-refractivity contribution is -0.0837. The van der Waals surface area contributed by atoms with Crippen LogP contribution in [0.4, 0.5) is 0 Å². The first-order valence-electron chi connectivity index (χ1n) is 13.3. The van der Waals surface area contributed by atoms with E-state index in [9.17, 15) is 9.59 Å². The fraction of sp³-hybridized carbons (Fsp3) is 0.312. The van der Waals surface area contributed by atoms with Crippen molar-refractivity contribution in [3.05, 3.63) is 128 Å². The van der Waals surface area contributed by atoms with Crippen molar-refractivity contribution >= 4 is 0 Å². The lowest BCUT2D eigenvalue weighted by atomic mass is 9.80. The molecule has 1 N–H and O–H groups in total. The van der Waals surface area contributed by atoms with Crippen molar-refractivity contribution < 1.29 is 18.9 Å². The Bertz CT molecular complexity index is 1500. The molecule has 2 unspecified atom stereocenters. The van der Waals surface area contributed by atoms with E-state index in [1.165, 1.54) is 4.57 Å². The molecule has 3 atom stereocenters. The Morgan fingerprint density at radius 3 is 1.98 bits per heavy atom. The quantitative estimate of drug-likeness (QED) is 0.306. The SMILES string of the molecule is COc1ccc(C(OCC2OC(n3cc(C)c(=O)[nH]c3=O)C[C@H]2C)(c2ccccc2)c2ccc(OC)cc2)cc1. The van der Waals surface area contributed by atoms with Crippen LogP contribution in [0.5, 0.6) is 11.5 Å².